The largest absolute Gasteiger partial charge is 0.497 e. The van der Waals surface area contributed by atoms with Crippen LogP contribution in [0.3, 0.4) is 0 Å². The Balaban J connectivity index is 1.58. The predicted molar refractivity (Wildman–Crippen MR) is 130 cm³/mol. The second-order valence-corrected chi connectivity index (χ2v) is 8.29. The van der Waals surface area contributed by atoms with Crippen LogP contribution in [0.1, 0.15) is 5.56 Å². The Bertz CT molecular complexity index is 1350. The summed E-state index contributed by atoms with van der Waals surface area (Å²) in [5.41, 5.74) is 3.76. The molecule has 0 atom stereocenters. The van der Waals surface area contributed by atoms with Crippen LogP contribution in [-0.4, -0.2) is 28.0 Å². The summed E-state index contributed by atoms with van der Waals surface area (Å²) in [5, 5.41) is 4.46. The van der Waals surface area contributed by atoms with Crippen LogP contribution in [-0.2, 0) is 4.79 Å². The van der Waals surface area contributed by atoms with Crippen LogP contribution >= 0.6 is 11.8 Å². The smallest absolute Gasteiger partial charge is 0.298 e. The first-order valence-corrected chi connectivity index (χ1v) is 11.1. The van der Waals surface area contributed by atoms with Gasteiger partial charge < -0.3 is 4.74 Å². The molecule has 0 saturated carbocycles. The van der Waals surface area contributed by atoms with Crippen molar-refractivity contribution in [3.63, 3.8) is 0 Å². The first-order valence-electron chi connectivity index (χ1n) is 10.3. The standard InChI is InChI=1S/C26H19N3O3S/c1-32-22-14-12-18(13-15-22)24-19(17-28(27-24)20-8-4-2-5-9-20)16-23-25(30)29(26(31)33-23)21-10-6-3-7-11-21/h2-17H,1H3/b23-16-. The van der Waals surface area contributed by atoms with E-state index in [1.807, 2.05) is 66.9 Å². The lowest BCUT2D eigenvalue weighted by Gasteiger charge is -2.11. The molecular formula is C26H19N3O3S. The summed E-state index contributed by atoms with van der Waals surface area (Å²) in [7, 11) is 1.62. The van der Waals surface area contributed by atoms with Gasteiger partial charge in [-0.1, -0.05) is 36.4 Å². The Labute approximate surface area is 195 Å². The molecule has 1 aliphatic heterocycles. The number of imide groups is 1. The topological polar surface area (TPSA) is 64.4 Å². The van der Waals surface area contributed by atoms with Gasteiger partial charge in [-0.15, -0.1) is 0 Å². The van der Waals surface area contributed by atoms with Crippen molar-refractivity contribution in [2.75, 3.05) is 12.0 Å². The van der Waals surface area contributed by atoms with Crippen molar-refractivity contribution in [3.05, 3.63) is 102 Å². The summed E-state index contributed by atoms with van der Waals surface area (Å²) in [5.74, 6) is 0.399. The zero-order chi connectivity index (χ0) is 22.8. The second-order valence-electron chi connectivity index (χ2n) is 7.29. The maximum absolute atomic E-state index is 13.1. The highest BCUT2D eigenvalue weighted by atomic mass is 32.2. The molecule has 1 saturated heterocycles. The molecular weight excluding hydrogens is 434 g/mol. The molecule has 5 rings (SSSR count). The number of benzene rings is 3. The van der Waals surface area contributed by atoms with Crippen LogP contribution in [0.4, 0.5) is 10.5 Å². The van der Waals surface area contributed by atoms with Gasteiger partial charge in [0.15, 0.2) is 0 Å². The molecule has 1 fully saturated rings. The highest BCUT2D eigenvalue weighted by Crippen LogP contribution is 2.37. The van der Waals surface area contributed by atoms with Crippen LogP contribution in [0.25, 0.3) is 23.0 Å². The third-order valence-corrected chi connectivity index (χ3v) is 6.09. The number of hydrogen-bond donors (Lipinski definition) is 0. The summed E-state index contributed by atoms with van der Waals surface area (Å²) in [4.78, 5) is 27.3. The Morgan fingerprint density at radius 3 is 2.12 bits per heavy atom. The number of para-hydroxylation sites is 2. The van der Waals surface area contributed by atoms with Gasteiger partial charge in [-0.25, -0.2) is 9.58 Å². The zero-order valence-corrected chi connectivity index (χ0v) is 18.5. The highest BCUT2D eigenvalue weighted by molar-refractivity contribution is 8.19. The summed E-state index contributed by atoms with van der Waals surface area (Å²) < 4.78 is 7.04. The minimum absolute atomic E-state index is 0.320. The molecule has 1 aromatic heterocycles. The van der Waals surface area contributed by atoms with Crippen molar-refractivity contribution in [1.82, 2.24) is 9.78 Å². The van der Waals surface area contributed by atoms with Crippen LogP contribution in [0, 0.1) is 0 Å². The number of aromatic nitrogens is 2. The molecule has 0 bridgehead atoms. The number of nitrogens with zero attached hydrogens (tertiary/aromatic N) is 3. The Hall–Kier alpha value is -4.10. The Morgan fingerprint density at radius 1 is 0.848 bits per heavy atom. The first kappa shape index (κ1) is 20.8. The van der Waals surface area contributed by atoms with E-state index in [1.54, 1.807) is 42.1 Å². The number of amides is 2. The minimum atomic E-state index is -0.343. The van der Waals surface area contributed by atoms with Crippen molar-refractivity contribution >= 4 is 34.7 Å². The van der Waals surface area contributed by atoms with Gasteiger partial charge >= 0.3 is 0 Å². The van der Waals surface area contributed by atoms with Crippen molar-refractivity contribution < 1.29 is 14.3 Å². The van der Waals surface area contributed by atoms with Crippen LogP contribution in [0.15, 0.2) is 96.0 Å². The number of hydrogen-bond acceptors (Lipinski definition) is 5. The third-order valence-electron chi connectivity index (χ3n) is 5.22. The molecule has 2 amide bonds. The highest BCUT2D eigenvalue weighted by Gasteiger charge is 2.36. The van der Waals surface area contributed by atoms with Gasteiger partial charge in [-0.3, -0.25) is 9.59 Å². The minimum Gasteiger partial charge on any atom is -0.497 e. The fraction of sp³-hybridized carbons (Fsp3) is 0.0385. The van der Waals surface area contributed by atoms with Crippen molar-refractivity contribution in [1.29, 1.82) is 0 Å². The molecule has 3 aromatic carbocycles. The number of ether oxygens (including phenoxy) is 1. The predicted octanol–water partition coefficient (Wildman–Crippen LogP) is 5.79. The van der Waals surface area contributed by atoms with Gasteiger partial charge in [-0.05, 0) is 66.4 Å². The maximum Gasteiger partial charge on any atom is 0.298 e. The van der Waals surface area contributed by atoms with Gasteiger partial charge in [-0.2, -0.15) is 5.10 Å². The van der Waals surface area contributed by atoms with Gasteiger partial charge in [0.2, 0.25) is 0 Å². The summed E-state index contributed by atoms with van der Waals surface area (Å²) in [6.45, 7) is 0. The van der Waals surface area contributed by atoms with E-state index >= 15 is 0 Å². The molecule has 6 nitrogen and oxygen atoms in total. The van der Waals surface area contributed by atoms with Crippen molar-refractivity contribution in [2.45, 2.75) is 0 Å². The van der Waals surface area contributed by atoms with E-state index in [1.165, 1.54) is 4.90 Å². The molecule has 7 heteroatoms. The lowest BCUT2D eigenvalue weighted by molar-refractivity contribution is -0.113. The van der Waals surface area contributed by atoms with E-state index in [4.69, 9.17) is 9.84 Å². The second kappa shape index (κ2) is 8.80. The number of carbonyl (C=O) groups is 2. The Morgan fingerprint density at radius 2 is 1.48 bits per heavy atom. The molecule has 4 aromatic rings. The molecule has 2 heterocycles. The van der Waals surface area contributed by atoms with Gasteiger partial charge in [0.05, 0.1) is 29.1 Å². The van der Waals surface area contributed by atoms with E-state index in [9.17, 15) is 9.59 Å². The zero-order valence-electron chi connectivity index (χ0n) is 17.7. The fourth-order valence-corrected chi connectivity index (χ4v) is 4.42. The van der Waals surface area contributed by atoms with E-state index in [0.29, 0.717) is 16.3 Å². The number of methoxy groups -OCH3 is 1. The first-order chi connectivity index (χ1) is 16.1. The number of rotatable bonds is 5. The van der Waals surface area contributed by atoms with Gasteiger partial charge in [0.25, 0.3) is 11.1 Å². The molecule has 33 heavy (non-hydrogen) atoms. The van der Waals surface area contributed by atoms with E-state index in [-0.39, 0.29) is 11.1 Å². The average molecular weight is 454 g/mol. The maximum atomic E-state index is 13.1. The molecule has 0 N–H and O–H groups in total. The van der Waals surface area contributed by atoms with Gasteiger partial charge in [0, 0.05) is 17.3 Å². The summed E-state index contributed by atoms with van der Waals surface area (Å²) in [6, 6.07) is 26.2. The van der Waals surface area contributed by atoms with Crippen molar-refractivity contribution in [3.8, 4) is 22.7 Å². The van der Waals surface area contributed by atoms with E-state index in [0.717, 1.165) is 34.3 Å². The molecule has 162 valence electrons. The third kappa shape index (κ3) is 4.06. The number of anilines is 1. The summed E-state index contributed by atoms with van der Waals surface area (Å²) >= 11 is 0.928. The molecule has 0 spiro atoms. The SMILES string of the molecule is COc1ccc(-c2nn(-c3ccccc3)cc2/C=C2\SC(=O)N(c3ccccc3)C2=O)cc1. The normalized spacial score (nSPS) is 14.8. The number of carbonyl (C=O) groups excluding carboxylic acids is 2. The molecule has 1 aliphatic rings. The van der Waals surface area contributed by atoms with Crippen LogP contribution < -0.4 is 9.64 Å². The summed E-state index contributed by atoms with van der Waals surface area (Å²) in [6.07, 6.45) is 3.60. The molecule has 0 aliphatic carbocycles. The number of thioether (sulfide) groups is 1. The lowest BCUT2D eigenvalue weighted by Crippen LogP contribution is -2.27. The average Bonchev–Trinajstić information content (AvgIpc) is 3.40. The van der Waals surface area contributed by atoms with Crippen LogP contribution in [0.5, 0.6) is 5.75 Å². The fourth-order valence-electron chi connectivity index (χ4n) is 3.59. The van der Waals surface area contributed by atoms with Crippen molar-refractivity contribution in [2.24, 2.45) is 0 Å². The Kier molecular flexibility index (Phi) is 5.54. The van der Waals surface area contributed by atoms with E-state index < -0.39 is 0 Å². The quantitative estimate of drug-likeness (QED) is 0.358. The van der Waals surface area contributed by atoms with Gasteiger partial charge in [0.1, 0.15) is 5.75 Å². The molecule has 0 radical (unpaired) electrons. The lowest BCUT2D eigenvalue weighted by atomic mass is 10.1. The van der Waals surface area contributed by atoms with E-state index in [2.05, 4.69) is 0 Å². The van der Waals surface area contributed by atoms with Crippen LogP contribution in [0.2, 0.25) is 0 Å². The molecule has 0 unspecified atom stereocenters. The monoisotopic (exact) mass is 453 g/mol.